The molecule has 1 aromatic rings. The number of hydrogen-bond acceptors (Lipinski definition) is 2. The van der Waals surface area contributed by atoms with E-state index >= 15 is 0 Å². The summed E-state index contributed by atoms with van der Waals surface area (Å²) in [6.07, 6.45) is -4.33. The minimum Gasteiger partial charge on any atom is -0.492 e. The van der Waals surface area contributed by atoms with Crippen LogP contribution in [0.25, 0.3) is 0 Å². The first-order valence-electron chi connectivity index (χ1n) is 4.69. The fourth-order valence-corrected chi connectivity index (χ4v) is 1.13. The summed E-state index contributed by atoms with van der Waals surface area (Å²) in [5, 5.41) is 0. The highest BCUT2D eigenvalue weighted by atomic mass is 19.4. The van der Waals surface area contributed by atoms with Gasteiger partial charge in [-0.05, 0) is 19.1 Å². The topological polar surface area (TPSA) is 26.3 Å². The van der Waals surface area contributed by atoms with Crippen molar-refractivity contribution < 1.29 is 22.7 Å². The summed E-state index contributed by atoms with van der Waals surface area (Å²) in [6.45, 7) is 1.32. The van der Waals surface area contributed by atoms with Crippen LogP contribution in [-0.2, 0) is 11.0 Å². The van der Waals surface area contributed by atoms with E-state index in [4.69, 9.17) is 4.74 Å². The van der Waals surface area contributed by atoms with Crippen LogP contribution in [0.5, 0.6) is 5.75 Å². The SMILES string of the molecule is CC(=O)CCOc1ccccc1C(F)(F)F. The van der Waals surface area contributed by atoms with Gasteiger partial charge in [0.15, 0.2) is 0 Å². The van der Waals surface area contributed by atoms with Gasteiger partial charge in [0.1, 0.15) is 11.5 Å². The molecule has 0 heterocycles. The van der Waals surface area contributed by atoms with Crippen LogP contribution in [0, 0.1) is 0 Å². The lowest BCUT2D eigenvalue weighted by Crippen LogP contribution is -2.10. The first kappa shape index (κ1) is 12.5. The van der Waals surface area contributed by atoms with Crippen molar-refractivity contribution in [1.29, 1.82) is 0 Å². The van der Waals surface area contributed by atoms with Crippen molar-refractivity contribution in [3.63, 3.8) is 0 Å². The Labute approximate surface area is 91.0 Å². The molecular weight excluding hydrogens is 221 g/mol. The van der Waals surface area contributed by atoms with Crippen LogP contribution in [0.2, 0.25) is 0 Å². The van der Waals surface area contributed by atoms with Gasteiger partial charge in [0.05, 0.1) is 12.2 Å². The van der Waals surface area contributed by atoms with E-state index < -0.39 is 11.7 Å². The predicted octanol–water partition coefficient (Wildman–Crippen LogP) is 3.06. The Morgan fingerprint density at radius 2 is 1.94 bits per heavy atom. The second kappa shape index (κ2) is 5.01. The minimum atomic E-state index is -4.44. The highest BCUT2D eigenvalue weighted by Gasteiger charge is 2.33. The van der Waals surface area contributed by atoms with Gasteiger partial charge in [0, 0.05) is 6.42 Å². The van der Waals surface area contributed by atoms with Crippen molar-refractivity contribution in [2.45, 2.75) is 19.5 Å². The molecular formula is C11H11F3O2. The van der Waals surface area contributed by atoms with E-state index in [9.17, 15) is 18.0 Å². The van der Waals surface area contributed by atoms with Crippen LogP contribution in [0.1, 0.15) is 18.9 Å². The number of alkyl halides is 3. The monoisotopic (exact) mass is 232 g/mol. The zero-order valence-corrected chi connectivity index (χ0v) is 8.67. The Bertz CT molecular complexity index is 372. The molecule has 0 aromatic heterocycles. The van der Waals surface area contributed by atoms with Crippen molar-refractivity contribution in [2.24, 2.45) is 0 Å². The largest absolute Gasteiger partial charge is 0.492 e. The highest BCUT2D eigenvalue weighted by Crippen LogP contribution is 2.35. The lowest BCUT2D eigenvalue weighted by Gasteiger charge is -2.12. The Morgan fingerprint density at radius 3 is 2.50 bits per heavy atom. The lowest BCUT2D eigenvalue weighted by atomic mass is 10.2. The quantitative estimate of drug-likeness (QED) is 0.797. The van der Waals surface area contributed by atoms with Crippen molar-refractivity contribution in [1.82, 2.24) is 0 Å². The van der Waals surface area contributed by atoms with E-state index in [0.29, 0.717) is 0 Å². The molecule has 1 aromatic carbocycles. The van der Waals surface area contributed by atoms with E-state index in [2.05, 4.69) is 0 Å². The minimum absolute atomic E-state index is 0.0393. The van der Waals surface area contributed by atoms with Gasteiger partial charge in [0.2, 0.25) is 0 Å². The number of ketones is 1. The third kappa shape index (κ3) is 3.56. The summed E-state index contributed by atoms with van der Waals surface area (Å²) < 4.78 is 42.4. The Morgan fingerprint density at radius 1 is 1.31 bits per heavy atom. The fraction of sp³-hybridized carbons (Fsp3) is 0.364. The molecule has 0 saturated carbocycles. The van der Waals surface area contributed by atoms with E-state index in [1.165, 1.54) is 25.1 Å². The van der Waals surface area contributed by atoms with Gasteiger partial charge in [0.25, 0.3) is 0 Å². The molecule has 2 nitrogen and oxygen atoms in total. The van der Waals surface area contributed by atoms with E-state index in [1.807, 2.05) is 0 Å². The zero-order chi connectivity index (χ0) is 12.2. The molecule has 5 heteroatoms. The number of Topliss-reactive ketones (excluding diaryl/α,β-unsaturated/α-hetero) is 1. The van der Waals surface area contributed by atoms with Crippen molar-refractivity contribution in [2.75, 3.05) is 6.61 Å². The van der Waals surface area contributed by atoms with Gasteiger partial charge in [-0.1, -0.05) is 12.1 Å². The summed E-state index contributed by atoms with van der Waals surface area (Å²) in [6, 6.07) is 4.94. The molecule has 0 radical (unpaired) electrons. The predicted molar refractivity (Wildman–Crippen MR) is 52.2 cm³/mol. The summed E-state index contributed by atoms with van der Waals surface area (Å²) in [4.78, 5) is 10.6. The molecule has 0 bridgehead atoms. The molecule has 88 valence electrons. The second-order valence-corrected chi connectivity index (χ2v) is 3.29. The van der Waals surface area contributed by atoms with Gasteiger partial charge in [-0.25, -0.2) is 0 Å². The standard InChI is InChI=1S/C11H11F3O2/c1-8(15)6-7-16-10-5-3-2-4-9(10)11(12,13)14/h2-5H,6-7H2,1H3. The molecule has 0 aliphatic rings. The summed E-state index contributed by atoms with van der Waals surface area (Å²) in [5.41, 5.74) is -0.821. The van der Waals surface area contributed by atoms with Crippen molar-refractivity contribution in [3.05, 3.63) is 29.8 Å². The molecule has 0 spiro atoms. The van der Waals surface area contributed by atoms with E-state index in [1.54, 1.807) is 0 Å². The zero-order valence-electron chi connectivity index (χ0n) is 8.67. The van der Waals surface area contributed by atoms with Crippen molar-refractivity contribution in [3.8, 4) is 5.75 Å². The van der Waals surface area contributed by atoms with Crippen molar-refractivity contribution >= 4 is 5.78 Å². The van der Waals surface area contributed by atoms with Crippen LogP contribution in [0.4, 0.5) is 13.2 Å². The molecule has 0 unspecified atom stereocenters. The Balaban J connectivity index is 2.76. The molecule has 0 atom stereocenters. The van der Waals surface area contributed by atoms with Gasteiger partial charge in [-0.2, -0.15) is 13.2 Å². The van der Waals surface area contributed by atoms with Gasteiger partial charge >= 0.3 is 6.18 Å². The maximum atomic E-state index is 12.5. The first-order chi connectivity index (χ1) is 7.41. The average molecular weight is 232 g/mol. The fourth-order valence-electron chi connectivity index (χ4n) is 1.13. The third-order valence-electron chi connectivity index (χ3n) is 1.90. The first-order valence-corrected chi connectivity index (χ1v) is 4.69. The summed E-state index contributed by atoms with van der Waals surface area (Å²) >= 11 is 0. The molecule has 0 fully saturated rings. The van der Waals surface area contributed by atoms with E-state index in [-0.39, 0.29) is 24.6 Å². The number of rotatable bonds is 4. The smallest absolute Gasteiger partial charge is 0.419 e. The second-order valence-electron chi connectivity index (χ2n) is 3.29. The lowest BCUT2D eigenvalue weighted by molar-refractivity contribution is -0.138. The van der Waals surface area contributed by atoms with Crippen LogP contribution in [0.15, 0.2) is 24.3 Å². The molecule has 0 aliphatic carbocycles. The number of halogens is 3. The van der Waals surface area contributed by atoms with Gasteiger partial charge in [-0.3, -0.25) is 4.79 Å². The highest BCUT2D eigenvalue weighted by molar-refractivity contribution is 5.75. The van der Waals surface area contributed by atoms with Crippen LogP contribution >= 0.6 is 0 Å². The van der Waals surface area contributed by atoms with Gasteiger partial charge < -0.3 is 4.74 Å². The van der Waals surface area contributed by atoms with Crippen LogP contribution in [-0.4, -0.2) is 12.4 Å². The molecule has 16 heavy (non-hydrogen) atoms. The molecule has 0 amide bonds. The molecule has 1 rings (SSSR count). The van der Waals surface area contributed by atoms with E-state index in [0.717, 1.165) is 6.07 Å². The summed E-state index contributed by atoms with van der Waals surface area (Å²) in [5.74, 6) is -0.360. The number of hydrogen-bond donors (Lipinski definition) is 0. The normalized spacial score (nSPS) is 11.2. The maximum Gasteiger partial charge on any atom is 0.419 e. The third-order valence-corrected chi connectivity index (χ3v) is 1.90. The number of benzene rings is 1. The number of carbonyl (C=O) groups excluding carboxylic acids is 1. The molecule has 0 saturated heterocycles. The molecule has 0 N–H and O–H groups in total. The number of ether oxygens (including phenoxy) is 1. The summed E-state index contributed by atoms with van der Waals surface area (Å²) in [7, 11) is 0. The Hall–Kier alpha value is -1.52. The van der Waals surface area contributed by atoms with Gasteiger partial charge in [-0.15, -0.1) is 0 Å². The Kier molecular flexibility index (Phi) is 3.93. The maximum absolute atomic E-state index is 12.5. The number of carbonyl (C=O) groups is 1. The molecule has 0 aliphatic heterocycles. The average Bonchev–Trinajstić information content (AvgIpc) is 2.16. The van der Waals surface area contributed by atoms with Crippen LogP contribution in [0.3, 0.4) is 0 Å². The number of para-hydroxylation sites is 1. The van der Waals surface area contributed by atoms with Crippen LogP contribution < -0.4 is 4.74 Å².